The van der Waals surface area contributed by atoms with Crippen LogP contribution in [0.15, 0.2) is 18.2 Å². The molecule has 2 rings (SSSR count). The van der Waals surface area contributed by atoms with Crippen LogP contribution in [0.2, 0.25) is 5.02 Å². The molecule has 0 radical (unpaired) electrons. The number of anilines is 2. The van der Waals surface area contributed by atoms with Crippen molar-refractivity contribution >= 4 is 28.9 Å². The van der Waals surface area contributed by atoms with Crippen molar-refractivity contribution in [3.63, 3.8) is 0 Å². The van der Waals surface area contributed by atoms with Crippen molar-refractivity contribution in [1.82, 2.24) is 0 Å². The molecule has 3 N–H and O–H groups in total. The molecule has 1 fully saturated rings. The van der Waals surface area contributed by atoms with Crippen molar-refractivity contribution in [3.05, 3.63) is 23.2 Å². The van der Waals surface area contributed by atoms with Crippen LogP contribution < -0.4 is 11.1 Å². The van der Waals surface area contributed by atoms with Gasteiger partial charge in [0.15, 0.2) is 0 Å². The maximum absolute atomic E-state index is 11.7. The molecular formula is C14H19ClN2O3. The lowest BCUT2D eigenvalue weighted by atomic mass is 10.1. The Kier molecular flexibility index (Phi) is 5.64. The number of benzene rings is 1. The second-order valence-electron chi connectivity index (χ2n) is 4.78. The average Bonchev–Trinajstić information content (AvgIpc) is 2.43. The molecule has 1 aliphatic rings. The van der Waals surface area contributed by atoms with Gasteiger partial charge in [-0.3, -0.25) is 4.79 Å². The molecule has 0 aromatic heterocycles. The lowest BCUT2D eigenvalue weighted by Gasteiger charge is -2.22. The van der Waals surface area contributed by atoms with Crippen LogP contribution in [0.4, 0.5) is 11.4 Å². The van der Waals surface area contributed by atoms with Gasteiger partial charge in [0.25, 0.3) is 0 Å². The molecule has 1 aromatic rings. The number of rotatable bonds is 5. The fourth-order valence-corrected chi connectivity index (χ4v) is 2.24. The van der Waals surface area contributed by atoms with E-state index in [1.165, 1.54) is 0 Å². The summed E-state index contributed by atoms with van der Waals surface area (Å²) in [6.45, 7) is 1.22. The number of nitrogens with one attached hydrogen (secondary N) is 1. The summed E-state index contributed by atoms with van der Waals surface area (Å²) in [7, 11) is 0. The second-order valence-corrected chi connectivity index (χ2v) is 5.22. The molecule has 110 valence electrons. The van der Waals surface area contributed by atoms with Crippen molar-refractivity contribution in [3.8, 4) is 0 Å². The van der Waals surface area contributed by atoms with Gasteiger partial charge in [-0.15, -0.1) is 0 Å². The van der Waals surface area contributed by atoms with Crippen molar-refractivity contribution in [2.24, 2.45) is 0 Å². The van der Waals surface area contributed by atoms with Gasteiger partial charge in [0.05, 0.1) is 24.1 Å². The van der Waals surface area contributed by atoms with Gasteiger partial charge < -0.3 is 20.5 Å². The second kappa shape index (κ2) is 7.47. The number of halogens is 1. The summed E-state index contributed by atoms with van der Waals surface area (Å²) in [5.41, 5.74) is 6.73. The van der Waals surface area contributed by atoms with Crippen LogP contribution in [-0.2, 0) is 14.3 Å². The highest BCUT2D eigenvalue weighted by molar-refractivity contribution is 6.31. The summed E-state index contributed by atoms with van der Waals surface area (Å²) in [6.07, 6.45) is 3.36. The van der Waals surface area contributed by atoms with Crippen molar-refractivity contribution in [2.75, 3.05) is 30.9 Å². The number of ether oxygens (including phenoxy) is 2. The van der Waals surface area contributed by atoms with Crippen LogP contribution in [0, 0.1) is 0 Å². The predicted molar refractivity (Wildman–Crippen MR) is 78.9 cm³/mol. The molecule has 6 heteroatoms. The van der Waals surface area contributed by atoms with E-state index in [0.29, 0.717) is 23.0 Å². The highest BCUT2D eigenvalue weighted by Gasteiger charge is 2.14. The largest absolute Gasteiger partial charge is 0.397 e. The van der Waals surface area contributed by atoms with Gasteiger partial charge in [0, 0.05) is 11.6 Å². The standard InChI is InChI=1S/C14H19ClN2O3/c15-10-4-5-13(12(16)7-10)17-14(18)9-19-8-11-3-1-2-6-20-11/h4-5,7,11H,1-3,6,8-9,16H2,(H,17,18). The number of carbonyl (C=O) groups is 1. The Balaban J connectivity index is 1.72. The first-order valence-corrected chi connectivity index (χ1v) is 7.07. The number of carbonyl (C=O) groups excluding carboxylic acids is 1. The Bertz CT molecular complexity index is 462. The van der Waals surface area contributed by atoms with E-state index in [1.54, 1.807) is 18.2 Å². The quantitative estimate of drug-likeness (QED) is 0.819. The van der Waals surface area contributed by atoms with Crippen molar-refractivity contribution in [1.29, 1.82) is 0 Å². The summed E-state index contributed by atoms with van der Waals surface area (Å²) in [4.78, 5) is 11.7. The summed E-state index contributed by atoms with van der Waals surface area (Å²) in [5, 5.41) is 3.22. The highest BCUT2D eigenvalue weighted by Crippen LogP contribution is 2.22. The van der Waals surface area contributed by atoms with E-state index in [-0.39, 0.29) is 18.6 Å². The van der Waals surface area contributed by atoms with Crippen LogP contribution in [0.3, 0.4) is 0 Å². The van der Waals surface area contributed by atoms with Crippen LogP contribution in [0.5, 0.6) is 0 Å². The van der Waals surface area contributed by atoms with Crippen molar-refractivity contribution in [2.45, 2.75) is 25.4 Å². The molecule has 0 aliphatic carbocycles. The fraction of sp³-hybridized carbons (Fsp3) is 0.500. The smallest absolute Gasteiger partial charge is 0.250 e. The van der Waals surface area contributed by atoms with Crippen LogP contribution >= 0.6 is 11.6 Å². The van der Waals surface area contributed by atoms with E-state index in [2.05, 4.69) is 5.32 Å². The fourth-order valence-electron chi connectivity index (χ4n) is 2.06. The topological polar surface area (TPSA) is 73.6 Å². The first kappa shape index (κ1) is 15.1. The van der Waals surface area contributed by atoms with E-state index in [0.717, 1.165) is 25.9 Å². The third-order valence-electron chi connectivity index (χ3n) is 3.10. The van der Waals surface area contributed by atoms with E-state index in [1.807, 2.05) is 0 Å². The SMILES string of the molecule is Nc1cc(Cl)ccc1NC(=O)COCC1CCCCO1. The summed E-state index contributed by atoms with van der Waals surface area (Å²) in [6, 6.07) is 4.93. The third kappa shape index (κ3) is 4.67. The molecule has 1 aliphatic heterocycles. The van der Waals surface area contributed by atoms with Gasteiger partial charge in [-0.25, -0.2) is 0 Å². The van der Waals surface area contributed by atoms with E-state index in [4.69, 9.17) is 26.8 Å². The lowest BCUT2D eigenvalue weighted by molar-refractivity contribution is -0.122. The molecule has 0 spiro atoms. The molecule has 1 aromatic carbocycles. The summed E-state index contributed by atoms with van der Waals surface area (Å²) < 4.78 is 10.9. The minimum absolute atomic E-state index is 0.0120. The highest BCUT2D eigenvalue weighted by atomic mass is 35.5. The Hall–Kier alpha value is -1.30. The zero-order valence-corrected chi connectivity index (χ0v) is 12.0. The zero-order valence-electron chi connectivity index (χ0n) is 11.2. The maximum Gasteiger partial charge on any atom is 0.250 e. The Labute approximate surface area is 123 Å². The van der Waals surface area contributed by atoms with Gasteiger partial charge >= 0.3 is 0 Å². The van der Waals surface area contributed by atoms with E-state index in [9.17, 15) is 4.79 Å². The van der Waals surface area contributed by atoms with E-state index >= 15 is 0 Å². The molecular weight excluding hydrogens is 280 g/mol. The minimum atomic E-state index is -0.241. The third-order valence-corrected chi connectivity index (χ3v) is 3.33. The Morgan fingerprint density at radius 3 is 3.05 bits per heavy atom. The van der Waals surface area contributed by atoms with Gasteiger partial charge in [-0.1, -0.05) is 11.6 Å². The first-order valence-electron chi connectivity index (χ1n) is 6.69. The number of amides is 1. The molecule has 1 unspecified atom stereocenters. The molecule has 5 nitrogen and oxygen atoms in total. The maximum atomic E-state index is 11.7. The van der Waals surface area contributed by atoms with Gasteiger partial charge in [0.2, 0.25) is 5.91 Å². The van der Waals surface area contributed by atoms with Crippen molar-refractivity contribution < 1.29 is 14.3 Å². The number of nitrogen functional groups attached to an aromatic ring is 1. The normalized spacial score (nSPS) is 18.8. The van der Waals surface area contributed by atoms with Gasteiger partial charge in [-0.2, -0.15) is 0 Å². The zero-order chi connectivity index (χ0) is 14.4. The average molecular weight is 299 g/mol. The monoisotopic (exact) mass is 298 g/mol. The van der Waals surface area contributed by atoms with Crippen LogP contribution in [0.25, 0.3) is 0 Å². The lowest BCUT2D eigenvalue weighted by Crippen LogP contribution is -2.27. The molecule has 1 heterocycles. The summed E-state index contributed by atoms with van der Waals surface area (Å²) in [5.74, 6) is -0.241. The predicted octanol–water partition coefficient (Wildman–Crippen LogP) is 2.45. The number of hydrogen-bond acceptors (Lipinski definition) is 4. The molecule has 1 amide bonds. The van der Waals surface area contributed by atoms with Crippen LogP contribution in [0.1, 0.15) is 19.3 Å². The molecule has 1 atom stereocenters. The van der Waals surface area contributed by atoms with Gasteiger partial charge in [0.1, 0.15) is 6.61 Å². The number of nitrogens with two attached hydrogens (primary N) is 1. The van der Waals surface area contributed by atoms with Gasteiger partial charge in [-0.05, 0) is 37.5 Å². The summed E-state index contributed by atoms with van der Waals surface area (Å²) >= 11 is 5.79. The Morgan fingerprint density at radius 1 is 1.50 bits per heavy atom. The molecule has 20 heavy (non-hydrogen) atoms. The molecule has 0 bridgehead atoms. The number of hydrogen-bond donors (Lipinski definition) is 2. The molecule has 1 saturated heterocycles. The first-order chi connectivity index (χ1) is 9.65. The molecule has 0 saturated carbocycles. The Morgan fingerprint density at radius 2 is 2.35 bits per heavy atom. The minimum Gasteiger partial charge on any atom is -0.397 e. The van der Waals surface area contributed by atoms with Crippen LogP contribution in [-0.4, -0.2) is 31.8 Å². The van der Waals surface area contributed by atoms with E-state index < -0.39 is 0 Å².